The van der Waals surface area contributed by atoms with Crippen LogP contribution in [0.25, 0.3) is 11.4 Å². The summed E-state index contributed by atoms with van der Waals surface area (Å²) in [5.74, 6) is 1.44. The van der Waals surface area contributed by atoms with Crippen molar-refractivity contribution in [2.24, 2.45) is 5.92 Å². The number of unbranched alkanes of at least 4 members (excludes halogenated alkanes) is 1. The van der Waals surface area contributed by atoms with E-state index in [1.54, 1.807) is 0 Å². The van der Waals surface area contributed by atoms with E-state index in [0.29, 0.717) is 5.92 Å². The average Bonchev–Trinajstić information content (AvgIpc) is 3.16. The number of aromatic nitrogens is 2. The number of imidazole rings is 1. The van der Waals surface area contributed by atoms with Crippen LogP contribution in [-0.2, 0) is 19.6 Å². The minimum atomic E-state index is -0.213. The first-order valence-electron chi connectivity index (χ1n) is 12.5. The third-order valence-electron chi connectivity index (χ3n) is 6.31. The molecule has 0 spiro atoms. The number of halogens is 1. The summed E-state index contributed by atoms with van der Waals surface area (Å²) in [4.78, 5) is 7.34. The Balaban J connectivity index is 1.87. The lowest BCUT2D eigenvalue weighted by molar-refractivity contribution is 0.240. The fourth-order valence-corrected chi connectivity index (χ4v) is 4.36. The first-order chi connectivity index (χ1) is 15.9. The summed E-state index contributed by atoms with van der Waals surface area (Å²) in [6.07, 6.45) is 6.67. The molecule has 0 unspecified atom stereocenters. The topological polar surface area (TPSA) is 21.1 Å². The van der Waals surface area contributed by atoms with Gasteiger partial charge in [0, 0.05) is 25.2 Å². The maximum Gasteiger partial charge on any atom is 0.140 e. The predicted octanol–water partition coefficient (Wildman–Crippen LogP) is 7.54. The Bertz CT molecular complexity index is 1000. The zero-order valence-electron chi connectivity index (χ0n) is 21.1. The van der Waals surface area contributed by atoms with Crippen molar-refractivity contribution in [1.82, 2.24) is 14.5 Å². The Morgan fingerprint density at radius 3 is 2.42 bits per heavy atom. The molecule has 0 atom stereocenters. The highest BCUT2D eigenvalue weighted by atomic mass is 19.1. The van der Waals surface area contributed by atoms with E-state index in [2.05, 4.69) is 62.3 Å². The van der Waals surface area contributed by atoms with Crippen molar-refractivity contribution >= 4 is 0 Å². The molecule has 0 aliphatic rings. The van der Waals surface area contributed by atoms with E-state index >= 15 is 0 Å². The normalized spacial score (nSPS) is 11.6. The Morgan fingerprint density at radius 1 is 1.00 bits per heavy atom. The minimum absolute atomic E-state index is 0.213. The van der Waals surface area contributed by atoms with Gasteiger partial charge in [-0.05, 0) is 81.0 Å². The van der Waals surface area contributed by atoms with Gasteiger partial charge in [0.1, 0.15) is 11.6 Å². The van der Waals surface area contributed by atoms with Crippen LogP contribution in [0.1, 0.15) is 68.8 Å². The zero-order chi connectivity index (χ0) is 23.8. The van der Waals surface area contributed by atoms with Crippen molar-refractivity contribution in [3.8, 4) is 11.4 Å². The number of aryl methyl sites for hydroxylation is 2. The van der Waals surface area contributed by atoms with E-state index in [0.717, 1.165) is 50.4 Å². The molecule has 0 amide bonds. The van der Waals surface area contributed by atoms with Crippen LogP contribution in [0.15, 0.2) is 48.7 Å². The van der Waals surface area contributed by atoms with Crippen molar-refractivity contribution in [2.45, 2.75) is 79.9 Å². The monoisotopic (exact) mass is 449 g/mol. The second-order valence-corrected chi connectivity index (χ2v) is 9.76. The molecule has 4 heteroatoms. The highest BCUT2D eigenvalue weighted by Gasteiger charge is 2.16. The number of hydrogen-bond acceptors (Lipinski definition) is 2. The molecular weight excluding hydrogens is 409 g/mol. The molecule has 178 valence electrons. The van der Waals surface area contributed by atoms with Gasteiger partial charge < -0.3 is 4.57 Å². The van der Waals surface area contributed by atoms with Gasteiger partial charge in [-0.3, -0.25) is 4.90 Å². The summed E-state index contributed by atoms with van der Waals surface area (Å²) in [6, 6.07) is 13.5. The zero-order valence-corrected chi connectivity index (χ0v) is 21.1. The molecule has 0 bridgehead atoms. The quantitative estimate of drug-likeness (QED) is 0.285. The highest BCUT2D eigenvalue weighted by molar-refractivity contribution is 5.56. The van der Waals surface area contributed by atoms with Crippen LogP contribution in [0, 0.1) is 25.6 Å². The van der Waals surface area contributed by atoms with E-state index in [1.807, 2.05) is 18.3 Å². The van der Waals surface area contributed by atoms with Gasteiger partial charge in [-0.25, -0.2) is 9.37 Å². The third-order valence-corrected chi connectivity index (χ3v) is 6.31. The molecule has 1 heterocycles. The van der Waals surface area contributed by atoms with E-state index in [9.17, 15) is 4.39 Å². The van der Waals surface area contributed by atoms with Crippen molar-refractivity contribution in [3.63, 3.8) is 0 Å². The molecule has 0 fully saturated rings. The van der Waals surface area contributed by atoms with Gasteiger partial charge in [0.05, 0.1) is 11.9 Å². The van der Waals surface area contributed by atoms with Gasteiger partial charge in [0.25, 0.3) is 0 Å². The minimum Gasteiger partial charge on any atom is -0.327 e. The first kappa shape index (κ1) is 25.2. The second kappa shape index (κ2) is 12.1. The van der Waals surface area contributed by atoms with Gasteiger partial charge in [0.2, 0.25) is 0 Å². The van der Waals surface area contributed by atoms with E-state index in [1.165, 1.54) is 47.4 Å². The molecular formula is C29H40FN3. The summed E-state index contributed by atoms with van der Waals surface area (Å²) < 4.78 is 15.8. The van der Waals surface area contributed by atoms with Crippen molar-refractivity contribution < 1.29 is 4.39 Å². The van der Waals surface area contributed by atoms with Gasteiger partial charge in [-0.2, -0.15) is 0 Å². The molecule has 2 aromatic carbocycles. The Morgan fingerprint density at radius 2 is 1.76 bits per heavy atom. The van der Waals surface area contributed by atoms with Gasteiger partial charge in [-0.1, -0.05) is 51.0 Å². The van der Waals surface area contributed by atoms with E-state index in [-0.39, 0.29) is 5.82 Å². The van der Waals surface area contributed by atoms with Crippen molar-refractivity contribution in [3.05, 3.63) is 76.9 Å². The Kier molecular flexibility index (Phi) is 9.25. The van der Waals surface area contributed by atoms with Crippen LogP contribution in [0.3, 0.4) is 0 Å². The number of hydrogen-bond donors (Lipinski definition) is 0. The summed E-state index contributed by atoms with van der Waals surface area (Å²) >= 11 is 0. The lowest BCUT2D eigenvalue weighted by atomic mass is 10.0. The fourth-order valence-electron chi connectivity index (χ4n) is 4.36. The molecule has 3 rings (SSSR count). The third kappa shape index (κ3) is 7.26. The predicted molar refractivity (Wildman–Crippen MR) is 137 cm³/mol. The lowest BCUT2D eigenvalue weighted by Crippen LogP contribution is -2.26. The van der Waals surface area contributed by atoms with Crippen LogP contribution in [0.5, 0.6) is 0 Å². The average molecular weight is 450 g/mol. The van der Waals surface area contributed by atoms with Crippen LogP contribution in [0.2, 0.25) is 0 Å². The summed E-state index contributed by atoms with van der Waals surface area (Å²) in [5, 5.41) is 0. The fraction of sp³-hybridized carbons (Fsp3) is 0.483. The van der Waals surface area contributed by atoms with Crippen LogP contribution < -0.4 is 0 Å². The van der Waals surface area contributed by atoms with Gasteiger partial charge in [-0.15, -0.1) is 0 Å². The molecule has 0 saturated carbocycles. The van der Waals surface area contributed by atoms with Gasteiger partial charge in [0.15, 0.2) is 0 Å². The van der Waals surface area contributed by atoms with Crippen LogP contribution in [-0.4, -0.2) is 21.0 Å². The van der Waals surface area contributed by atoms with Crippen LogP contribution >= 0.6 is 0 Å². The number of rotatable bonds is 12. The molecule has 0 aliphatic heterocycles. The molecule has 0 N–H and O–H groups in total. The molecule has 0 radical (unpaired) electrons. The molecule has 3 aromatic rings. The second-order valence-electron chi connectivity index (χ2n) is 9.76. The molecule has 3 nitrogen and oxygen atoms in total. The Labute approximate surface area is 199 Å². The summed E-state index contributed by atoms with van der Waals surface area (Å²) in [7, 11) is 0. The highest BCUT2D eigenvalue weighted by Crippen LogP contribution is 2.23. The molecule has 33 heavy (non-hydrogen) atoms. The standard InChI is InChI=1S/C29H40FN3/c1-6-7-17-33-28(19-31-29(33)25-12-14-27(30)15-13-25)21-32(16-8-9-22(2)3)20-26-11-10-23(4)18-24(26)5/h10-15,18-19,22H,6-9,16-17,20-21H2,1-5H3. The number of nitrogens with zero attached hydrogens (tertiary/aromatic N) is 3. The summed E-state index contributed by atoms with van der Waals surface area (Å²) in [5.41, 5.74) is 6.26. The molecule has 1 aromatic heterocycles. The lowest BCUT2D eigenvalue weighted by Gasteiger charge is -2.25. The molecule has 0 saturated heterocycles. The largest absolute Gasteiger partial charge is 0.327 e. The van der Waals surface area contributed by atoms with Gasteiger partial charge >= 0.3 is 0 Å². The van der Waals surface area contributed by atoms with E-state index < -0.39 is 0 Å². The molecule has 0 aliphatic carbocycles. The number of benzene rings is 2. The maximum absolute atomic E-state index is 13.5. The van der Waals surface area contributed by atoms with Crippen LogP contribution in [0.4, 0.5) is 4.39 Å². The smallest absolute Gasteiger partial charge is 0.140 e. The van der Waals surface area contributed by atoms with Crippen molar-refractivity contribution in [1.29, 1.82) is 0 Å². The van der Waals surface area contributed by atoms with E-state index in [4.69, 9.17) is 4.98 Å². The first-order valence-corrected chi connectivity index (χ1v) is 12.5. The summed E-state index contributed by atoms with van der Waals surface area (Å²) in [6.45, 7) is 15.0. The maximum atomic E-state index is 13.5. The SMILES string of the molecule is CCCCn1c(CN(CCCC(C)C)Cc2ccc(C)cc2C)cnc1-c1ccc(F)cc1. The Hall–Kier alpha value is -2.46. The van der Waals surface area contributed by atoms with Crippen molar-refractivity contribution in [2.75, 3.05) is 6.54 Å².